The van der Waals surface area contributed by atoms with Crippen LogP contribution in [0, 0.1) is 6.92 Å². The molecule has 2 aromatic rings. The molecule has 0 atom stereocenters. The lowest BCUT2D eigenvalue weighted by Gasteiger charge is -2.35. The van der Waals surface area contributed by atoms with E-state index in [4.69, 9.17) is 9.72 Å². The molecule has 0 aliphatic carbocycles. The van der Waals surface area contributed by atoms with E-state index < -0.39 is 18.0 Å². The number of alkyl halides is 3. The number of piperazine rings is 1. The van der Waals surface area contributed by atoms with Gasteiger partial charge in [-0.3, -0.25) is 4.79 Å². The molecule has 8 nitrogen and oxygen atoms in total. The molecule has 1 aromatic carbocycles. The quantitative estimate of drug-likeness (QED) is 0.707. The van der Waals surface area contributed by atoms with Crippen molar-refractivity contribution >= 4 is 17.7 Å². The first-order valence-corrected chi connectivity index (χ1v) is 10.4. The van der Waals surface area contributed by atoms with E-state index in [1.807, 2.05) is 17.9 Å². The zero-order valence-electron chi connectivity index (χ0n) is 17.6. The molecule has 0 saturated carbocycles. The van der Waals surface area contributed by atoms with Crippen LogP contribution in [-0.4, -0.2) is 79.6 Å². The van der Waals surface area contributed by atoms with Crippen LogP contribution in [0.2, 0.25) is 0 Å². The molecule has 0 unspecified atom stereocenters. The number of amides is 1. The summed E-state index contributed by atoms with van der Waals surface area (Å²) in [6.45, 7) is 6.35. The van der Waals surface area contributed by atoms with Gasteiger partial charge in [0, 0.05) is 51.0 Å². The Morgan fingerprint density at radius 3 is 2.38 bits per heavy atom. The highest BCUT2D eigenvalue weighted by atomic mass is 19.4. The maximum atomic E-state index is 12.9. The predicted octanol–water partition coefficient (Wildman–Crippen LogP) is 2.48. The topological polar surface area (TPSA) is 71.0 Å². The Kier molecular flexibility index (Phi) is 6.35. The van der Waals surface area contributed by atoms with Crippen molar-refractivity contribution < 1.29 is 27.4 Å². The lowest BCUT2D eigenvalue weighted by atomic mass is 10.1. The van der Waals surface area contributed by atoms with E-state index >= 15 is 0 Å². The first-order valence-electron chi connectivity index (χ1n) is 10.4. The number of hydrogen-bond donors (Lipinski definition) is 0. The van der Waals surface area contributed by atoms with Crippen molar-refractivity contribution in [2.75, 3.05) is 62.3 Å². The average molecular weight is 451 g/mol. The molecule has 0 radical (unpaired) electrons. The van der Waals surface area contributed by atoms with Crippen LogP contribution in [0.15, 0.2) is 30.3 Å². The number of ether oxygens (including phenoxy) is 2. The van der Waals surface area contributed by atoms with Gasteiger partial charge >= 0.3 is 6.36 Å². The molecule has 172 valence electrons. The monoisotopic (exact) mass is 451 g/mol. The van der Waals surface area contributed by atoms with Crippen molar-refractivity contribution in [2.45, 2.75) is 13.3 Å². The van der Waals surface area contributed by atoms with Crippen molar-refractivity contribution in [3.05, 3.63) is 41.6 Å². The number of aryl methyl sites for hydroxylation is 1. The number of carbonyl (C=O) groups is 1. The van der Waals surface area contributed by atoms with Crippen LogP contribution in [0.1, 0.15) is 16.1 Å². The number of rotatable bonds is 4. The van der Waals surface area contributed by atoms with Crippen molar-refractivity contribution in [1.29, 1.82) is 0 Å². The van der Waals surface area contributed by atoms with E-state index in [0.29, 0.717) is 45.3 Å². The fourth-order valence-electron chi connectivity index (χ4n) is 3.77. The molecule has 2 aliphatic rings. The van der Waals surface area contributed by atoms with Crippen LogP contribution in [0.4, 0.5) is 24.9 Å². The van der Waals surface area contributed by atoms with Crippen LogP contribution in [0.5, 0.6) is 5.75 Å². The van der Waals surface area contributed by atoms with Gasteiger partial charge in [0.15, 0.2) is 0 Å². The molecule has 2 fully saturated rings. The Bertz CT molecular complexity index is 958. The van der Waals surface area contributed by atoms with Gasteiger partial charge in [0.05, 0.1) is 18.8 Å². The molecule has 2 saturated heterocycles. The minimum Gasteiger partial charge on any atom is -0.405 e. The minimum atomic E-state index is -4.87. The third-order valence-electron chi connectivity index (χ3n) is 5.36. The minimum absolute atomic E-state index is 0.111. The zero-order chi connectivity index (χ0) is 22.7. The molecule has 2 aliphatic heterocycles. The lowest BCUT2D eigenvalue weighted by Crippen LogP contribution is -2.49. The maximum Gasteiger partial charge on any atom is 0.573 e. The van der Waals surface area contributed by atoms with E-state index in [-0.39, 0.29) is 5.56 Å². The van der Waals surface area contributed by atoms with E-state index in [9.17, 15) is 18.0 Å². The van der Waals surface area contributed by atoms with Crippen molar-refractivity contribution in [3.8, 4) is 5.75 Å². The number of nitrogens with zero attached hydrogens (tertiary/aromatic N) is 5. The van der Waals surface area contributed by atoms with Gasteiger partial charge in [-0.15, -0.1) is 13.2 Å². The van der Waals surface area contributed by atoms with Gasteiger partial charge < -0.3 is 24.2 Å². The summed E-state index contributed by atoms with van der Waals surface area (Å²) in [5.74, 6) is 0.431. The molecular weight excluding hydrogens is 427 g/mol. The zero-order valence-corrected chi connectivity index (χ0v) is 17.6. The van der Waals surface area contributed by atoms with Gasteiger partial charge in [-0.05, 0) is 19.1 Å². The molecule has 3 heterocycles. The largest absolute Gasteiger partial charge is 0.573 e. The van der Waals surface area contributed by atoms with Crippen LogP contribution in [-0.2, 0) is 4.74 Å². The summed E-state index contributed by atoms with van der Waals surface area (Å²) in [5, 5.41) is 0. The number of carbonyl (C=O) groups excluding carboxylic acids is 1. The van der Waals surface area contributed by atoms with Crippen LogP contribution in [0.25, 0.3) is 0 Å². The molecule has 4 rings (SSSR count). The Labute approximate surface area is 183 Å². The normalized spacial score (nSPS) is 17.4. The van der Waals surface area contributed by atoms with Gasteiger partial charge in [0.2, 0.25) is 5.95 Å². The Morgan fingerprint density at radius 2 is 1.69 bits per heavy atom. The van der Waals surface area contributed by atoms with E-state index in [1.54, 1.807) is 0 Å². The second kappa shape index (κ2) is 9.19. The highest BCUT2D eigenvalue weighted by Gasteiger charge is 2.34. The molecule has 1 aromatic heterocycles. The van der Waals surface area contributed by atoms with E-state index in [0.717, 1.165) is 30.7 Å². The first-order chi connectivity index (χ1) is 15.3. The molecular formula is C21H24F3N5O3. The van der Waals surface area contributed by atoms with Crippen molar-refractivity contribution in [1.82, 2.24) is 14.9 Å². The summed E-state index contributed by atoms with van der Waals surface area (Å²) >= 11 is 0. The Morgan fingerprint density at radius 1 is 1.00 bits per heavy atom. The van der Waals surface area contributed by atoms with Gasteiger partial charge in [-0.25, -0.2) is 4.98 Å². The summed E-state index contributed by atoms with van der Waals surface area (Å²) in [6, 6.07) is 7.34. The summed E-state index contributed by atoms with van der Waals surface area (Å²) in [7, 11) is 0. The third kappa shape index (κ3) is 5.21. The third-order valence-corrected chi connectivity index (χ3v) is 5.36. The second-order valence-corrected chi connectivity index (χ2v) is 7.59. The number of halogens is 3. The molecule has 0 spiro atoms. The smallest absolute Gasteiger partial charge is 0.405 e. The SMILES string of the molecule is Cc1cc(N2CCOCC2)nc(N2CCN(C(=O)c3ccccc3OC(F)(F)F)CC2)n1. The summed E-state index contributed by atoms with van der Waals surface area (Å²) in [4.78, 5) is 27.8. The van der Waals surface area contributed by atoms with Gasteiger partial charge in [0.1, 0.15) is 11.6 Å². The number of hydrogen-bond acceptors (Lipinski definition) is 7. The highest BCUT2D eigenvalue weighted by molar-refractivity contribution is 5.97. The molecule has 32 heavy (non-hydrogen) atoms. The molecule has 0 N–H and O–H groups in total. The van der Waals surface area contributed by atoms with Crippen LogP contribution < -0.4 is 14.5 Å². The summed E-state index contributed by atoms with van der Waals surface area (Å²) < 4.78 is 47.5. The number of benzene rings is 1. The standard InChI is InChI=1S/C21H24F3N5O3/c1-15-14-18(27-10-12-31-13-11-27)26-20(25-15)29-8-6-28(7-9-29)19(30)16-4-2-3-5-17(16)32-21(22,23)24/h2-5,14H,6-13H2,1H3. The van der Waals surface area contributed by atoms with Crippen molar-refractivity contribution in [2.24, 2.45) is 0 Å². The number of morpholine rings is 1. The van der Waals surface area contributed by atoms with Crippen LogP contribution >= 0.6 is 0 Å². The summed E-state index contributed by atoms with van der Waals surface area (Å²) in [6.07, 6.45) is -4.87. The fourth-order valence-corrected chi connectivity index (χ4v) is 3.77. The predicted molar refractivity (Wildman–Crippen MR) is 111 cm³/mol. The molecule has 0 bridgehead atoms. The fraction of sp³-hybridized carbons (Fsp3) is 0.476. The average Bonchev–Trinajstić information content (AvgIpc) is 2.78. The van der Waals surface area contributed by atoms with Crippen molar-refractivity contribution in [3.63, 3.8) is 0 Å². The van der Waals surface area contributed by atoms with Gasteiger partial charge in [-0.1, -0.05) is 12.1 Å². The Hall–Kier alpha value is -3.08. The maximum absolute atomic E-state index is 12.9. The number of para-hydroxylation sites is 1. The second-order valence-electron chi connectivity index (χ2n) is 7.59. The van der Waals surface area contributed by atoms with E-state index in [2.05, 4.69) is 14.6 Å². The number of aromatic nitrogens is 2. The Balaban J connectivity index is 1.44. The van der Waals surface area contributed by atoms with E-state index in [1.165, 1.54) is 23.1 Å². The highest BCUT2D eigenvalue weighted by Crippen LogP contribution is 2.28. The van der Waals surface area contributed by atoms with Crippen LogP contribution in [0.3, 0.4) is 0 Å². The van der Waals surface area contributed by atoms with Gasteiger partial charge in [0.25, 0.3) is 5.91 Å². The summed E-state index contributed by atoms with van der Waals surface area (Å²) in [5.41, 5.74) is 0.730. The molecule has 11 heteroatoms. The number of anilines is 2. The first kappa shape index (κ1) is 22.1. The van der Waals surface area contributed by atoms with Gasteiger partial charge in [-0.2, -0.15) is 4.98 Å². The lowest BCUT2D eigenvalue weighted by molar-refractivity contribution is -0.274. The molecule has 1 amide bonds.